The number of rotatable bonds is 3. The Kier molecular flexibility index (Phi) is 6.81. The minimum Gasteiger partial charge on any atom is -0.458 e. The number of hydrogen-bond donors (Lipinski definition) is 4. The molecule has 0 bridgehead atoms. The first kappa shape index (κ1) is 28.0. The summed E-state index contributed by atoms with van der Waals surface area (Å²) in [6, 6.07) is 9.19. The van der Waals surface area contributed by atoms with Crippen LogP contribution in [-0.2, 0) is 30.3 Å². The van der Waals surface area contributed by atoms with Crippen molar-refractivity contribution in [3.63, 3.8) is 0 Å². The van der Waals surface area contributed by atoms with E-state index in [0.29, 0.717) is 6.42 Å². The summed E-state index contributed by atoms with van der Waals surface area (Å²) in [6.07, 6.45) is -0.452. The van der Waals surface area contributed by atoms with Gasteiger partial charge in [0.15, 0.2) is 5.78 Å². The molecule has 1 aromatic rings. The summed E-state index contributed by atoms with van der Waals surface area (Å²) >= 11 is 0. The van der Waals surface area contributed by atoms with E-state index in [1.807, 2.05) is 30.3 Å². The molecule has 2 saturated heterocycles. The van der Waals surface area contributed by atoms with Crippen molar-refractivity contribution in [3.05, 3.63) is 48.0 Å². The highest BCUT2D eigenvalue weighted by Gasteiger charge is 2.76. The third kappa shape index (κ3) is 4.17. The molecule has 1 amide bonds. The number of esters is 1. The number of amides is 1. The minimum atomic E-state index is -1.87. The Morgan fingerprint density at radius 2 is 1.82 bits per heavy atom. The van der Waals surface area contributed by atoms with Gasteiger partial charge in [0.1, 0.15) is 29.3 Å². The molecule has 9 nitrogen and oxygen atoms in total. The predicted molar refractivity (Wildman–Crippen MR) is 140 cm³/mol. The van der Waals surface area contributed by atoms with Gasteiger partial charge in [-0.1, -0.05) is 56.3 Å². The van der Waals surface area contributed by atoms with Crippen molar-refractivity contribution in [1.29, 1.82) is 0 Å². The first-order valence-electron chi connectivity index (χ1n) is 13.8. The zero-order chi connectivity index (χ0) is 28.5. The number of Topliss-reactive ketones (excluding diaryl/α,β-unsaturated/α-hetero) is 1. The third-order valence-corrected chi connectivity index (χ3v) is 9.87. The van der Waals surface area contributed by atoms with Gasteiger partial charge in [-0.25, -0.2) is 0 Å². The number of ether oxygens (including phenoxy) is 2. The van der Waals surface area contributed by atoms with E-state index in [0.717, 1.165) is 5.56 Å². The number of epoxide rings is 1. The van der Waals surface area contributed by atoms with E-state index < -0.39 is 88.4 Å². The topological polar surface area (TPSA) is 146 Å². The molecule has 39 heavy (non-hydrogen) atoms. The van der Waals surface area contributed by atoms with Crippen molar-refractivity contribution in [1.82, 2.24) is 5.32 Å². The molecule has 0 aromatic heterocycles. The number of benzene rings is 1. The van der Waals surface area contributed by atoms with Crippen molar-refractivity contribution in [3.8, 4) is 0 Å². The van der Waals surface area contributed by atoms with Crippen LogP contribution < -0.4 is 5.32 Å². The first-order valence-corrected chi connectivity index (χ1v) is 13.8. The fourth-order valence-electron chi connectivity index (χ4n) is 7.68. The number of aliphatic hydroxyl groups is 3. The second-order valence-electron chi connectivity index (χ2n) is 12.3. The largest absolute Gasteiger partial charge is 0.458 e. The Labute approximate surface area is 228 Å². The van der Waals surface area contributed by atoms with E-state index in [-0.39, 0.29) is 6.42 Å². The van der Waals surface area contributed by atoms with Crippen molar-refractivity contribution in [2.45, 2.75) is 89.1 Å². The Morgan fingerprint density at radius 1 is 1.15 bits per heavy atom. The van der Waals surface area contributed by atoms with Gasteiger partial charge in [-0.3, -0.25) is 14.4 Å². The second kappa shape index (κ2) is 9.51. The van der Waals surface area contributed by atoms with Gasteiger partial charge < -0.3 is 30.1 Å². The molecule has 4 aliphatic rings. The Hall–Kier alpha value is -2.59. The van der Waals surface area contributed by atoms with E-state index in [1.165, 1.54) is 13.8 Å². The number of fused-ring (bicyclic) bond motifs is 1. The van der Waals surface area contributed by atoms with Crippen molar-refractivity contribution < 1.29 is 39.2 Å². The molecular formula is C30H39NO8. The van der Waals surface area contributed by atoms with E-state index in [2.05, 4.69) is 5.32 Å². The molecule has 1 spiro atoms. The zero-order valence-electron chi connectivity index (χ0n) is 23.0. The lowest BCUT2D eigenvalue weighted by Gasteiger charge is -2.57. The number of carbonyl (C=O) groups is 3. The molecule has 1 aromatic carbocycles. The van der Waals surface area contributed by atoms with Gasteiger partial charge in [0.05, 0.1) is 11.7 Å². The van der Waals surface area contributed by atoms with Crippen LogP contribution in [0.25, 0.3) is 0 Å². The van der Waals surface area contributed by atoms with Gasteiger partial charge in [0.25, 0.3) is 0 Å². The van der Waals surface area contributed by atoms with Gasteiger partial charge in [-0.15, -0.1) is 0 Å². The highest BCUT2D eigenvalue weighted by Crippen LogP contribution is 2.62. The molecule has 2 heterocycles. The fourth-order valence-corrected chi connectivity index (χ4v) is 7.68. The van der Waals surface area contributed by atoms with Crippen molar-refractivity contribution >= 4 is 17.7 Å². The number of ketones is 1. The molecule has 2 aliphatic carbocycles. The van der Waals surface area contributed by atoms with Crippen LogP contribution in [0.5, 0.6) is 0 Å². The summed E-state index contributed by atoms with van der Waals surface area (Å²) in [5.41, 5.74) is -4.00. The maximum absolute atomic E-state index is 14.3. The molecule has 2 aliphatic heterocycles. The predicted octanol–water partition coefficient (Wildman–Crippen LogP) is 1.32. The average Bonchev–Trinajstić information content (AvgIpc) is 3.63. The summed E-state index contributed by atoms with van der Waals surface area (Å²) < 4.78 is 11.8. The molecule has 3 fully saturated rings. The summed E-state index contributed by atoms with van der Waals surface area (Å²) in [4.78, 5) is 40.1. The van der Waals surface area contributed by atoms with Crippen LogP contribution >= 0.6 is 0 Å². The number of aliphatic hydroxyl groups excluding tert-OH is 1. The van der Waals surface area contributed by atoms with Gasteiger partial charge in [-0.05, 0) is 38.2 Å². The second-order valence-corrected chi connectivity index (χ2v) is 12.3. The smallest absolute Gasteiger partial charge is 0.303 e. The van der Waals surface area contributed by atoms with Gasteiger partial charge in [0.2, 0.25) is 5.91 Å². The van der Waals surface area contributed by atoms with E-state index in [1.54, 1.807) is 32.9 Å². The third-order valence-electron chi connectivity index (χ3n) is 9.87. The van der Waals surface area contributed by atoms with Crippen molar-refractivity contribution in [2.75, 3.05) is 0 Å². The van der Waals surface area contributed by atoms with E-state index >= 15 is 0 Å². The summed E-state index contributed by atoms with van der Waals surface area (Å²) in [5.74, 6) is -4.21. The summed E-state index contributed by atoms with van der Waals surface area (Å²) in [7, 11) is 0. The molecule has 1 saturated carbocycles. The van der Waals surface area contributed by atoms with Crippen LogP contribution in [0.15, 0.2) is 42.5 Å². The normalized spacial score (nSPS) is 48.1. The lowest BCUT2D eigenvalue weighted by Crippen LogP contribution is -2.69. The Balaban J connectivity index is 1.72. The molecular weight excluding hydrogens is 502 g/mol. The van der Waals surface area contributed by atoms with Crippen LogP contribution in [-0.4, -0.2) is 74.6 Å². The number of carbonyl (C=O) groups excluding carboxylic acids is 3. The maximum Gasteiger partial charge on any atom is 0.303 e. The Bertz CT molecular complexity index is 1180. The molecule has 5 rings (SSSR count). The number of allylic oxidation sites excluding steroid dienone is 1. The monoisotopic (exact) mass is 541 g/mol. The molecule has 0 unspecified atom stereocenters. The minimum absolute atomic E-state index is 0.251. The zero-order valence-corrected chi connectivity index (χ0v) is 23.0. The van der Waals surface area contributed by atoms with Crippen LogP contribution in [0, 0.1) is 29.1 Å². The molecule has 0 radical (unpaired) electrons. The lowest BCUT2D eigenvalue weighted by molar-refractivity contribution is -0.224. The van der Waals surface area contributed by atoms with Crippen molar-refractivity contribution in [2.24, 2.45) is 29.1 Å². The van der Waals surface area contributed by atoms with E-state index in [4.69, 9.17) is 9.47 Å². The highest BCUT2D eigenvalue weighted by atomic mass is 16.6. The average molecular weight is 542 g/mol. The standard InChI is InChI=1S/C30H39NO8/c1-15-10-9-13-19-24(34)28(4,36)16(2)21-20(14-18-11-7-6-8-12-18)31-27(35)30(19,21)26(38-17(3)32)22-25(39-22)29(5,37)23(15)33/h6-9,11-13,15-16,19-22,24-26,34,36-37H,10,14H2,1-5H3,(H,31,35)/b13-9+/t15-,16-,19-,20-,21-,22+,24-,25+,26+,28+,29-,30-/m0/s1. The molecule has 12 atom stereocenters. The van der Waals surface area contributed by atoms with Crippen LogP contribution in [0.2, 0.25) is 0 Å². The van der Waals surface area contributed by atoms with Gasteiger partial charge in [0, 0.05) is 30.7 Å². The van der Waals surface area contributed by atoms with E-state index in [9.17, 15) is 29.7 Å². The number of hydrogen-bond acceptors (Lipinski definition) is 8. The first-order chi connectivity index (χ1) is 18.2. The van der Waals surface area contributed by atoms with Crippen LogP contribution in [0.4, 0.5) is 0 Å². The quantitative estimate of drug-likeness (QED) is 0.255. The lowest BCUT2D eigenvalue weighted by atomic mass is 9.48. The SMILES string of the molecule is CC(=O)O[C@@H]1[C@@H]2O[C@H]2[C@@](C)(O)C(=O)[C@@H](C)C/C=C/[C@H]2[C@H](O)[C@](C)(O)[C@@H](C)[C@H]3[C@H](Cc4ccccc4)NC(=O)[C@@]312. The van der Waals surface area contributed by atoms with Crippen LogP contribution in [0.3, 0.4) is 0 Å². The molecule has 212 valence electrons. The van der Waals surface area contributed by atoms with Gasteiger partial charge >= 0.3 is 5.97 Å². The highest BCUT2D eigenvalue weighted by molar-refractivity contribution is 5.91. The van der Waals surface area contributed by atoms with Gasteiger partial charge in [-0.2, -0.15) is 0 Å². The van der Waals surface area contributed by atoms with Crippen LogP contribution in [0.1, 0.15) is 46.6 Å². The fraction of sp³-hybridized carbons (Fsp3) is 0.633. The summed E-state index contributed by atoms with van der Waals surface area (Å²) in [5, 5.41) is 37.8. The Morgan fingerprint density at radius 3 is 2.46 bits per heavy atom. The molecule has 4 N–H and O–H groups in total. The molecule has 9 heteroatoms. The number of nitrogens with one attached hydrogen (secondary N) is 1. The summed E-state index contributed by atoms with van der Waals surface area (Å²) in [6.45, 7) is 7.70. The maximum atomic E-state index is 14.3.